The third-order valence-corrected chi connectivity index (χ3v) is 1.80. The van der Waals surface area contributed by atoms with E-state index in [1.165, 1.54) is 7.11 Å². The fraction of sp³-hybridized carbons (Fsp3) is 0.200. The maximum atomic E-state index is 11.3. The molecule has 0 fully saturated rings. The number of amides is 1. The van der Waals surface area contributed by atoms with Crippen LogP contribution in [-0.4, -0.2) is 19.5 Å². The summed E-state index contributed by atoms with van der Waals surface area (Å²) in [5.74, 6) is -0.483. The van der Waals surface area contributed by atoms with Crippen LogP contribution in [0.2, 0.25) is 0 Å². The van der Waals surface area contributed by atoms with E-state index in [1.54, 1.807) is 24.3 Å². The number of methoxy groups -OCH3 is 1. The highest BCUT2D eigenvalue weighted by molar-refractivity contribution is 5.79. The normalized spacial score (nSPS) is 11.5. The standard InChI is InChI=1S/C10H11NO3/c1-14-10(13)9(11-7-12)8-5-3-2-4-6-8/h2-7,9H,1H3,(H,11,12)/t9-/m0/s1. The number of carbonyl (C=O) groups is 2. The molecular formula is C10H11NO3. The number of nitrogens with one attached hydrogen (secondary N) is 1. The number of esters is 1. The smallest absolute Gasteiger partial charge is 0.333 e. The second kappa shape index (κ2) is 5.01. The van der Waals surface area contributed by atoms with E-state index in [0.717, 1.165) is 0 Å². The molecule has 0 bridgehead atoms. The second-order valence-corrected chi connectivity index (χ2v) is 2.65. The lowest BCUT2D eigenvalue weighted by molar-refractivity contribution is -0.144. The summed E-state index contributed by atoms with van der Waals surface area (Å²) in [5.41, 5.74) is 0.700. The average molecular weight is 193 g/mol. The fourth-order valence-corrected chi connectivity index (χ4v) is 1.13. The Morgan fingerprint density at radius 3 is 2.57 bits per heavy atom. The molecule has 1 rings (SSSR count). The van der Waals surface area contributed by atoms with Crippen molar-refractivity contribution in [2.24, 2.45) is 0 Å². The average Bonchev–Trinajstić information content (AvgIpc) is 2.26. The first-order valence-electron chi connectivity index (χ1n) is 4.12. The zero-order valence-electron chi connectivity index (χ0n) is 7.77. The molecule has 4 heteroatoms. The molecule has 0 aliphatic rings. The van der Waals surface area contributed by atoms with Gasteiger partial charge in [0, 0.05) is 0 Å². The van der Waals surface area contributed by atoms with Gasteiger partial charge in [0.25, 0.3) is 0 Å². The van der Waals surface area contributed by atoms with Gasteiger partial charge in [0.05, 0.1) is 7.11 Å². The Balaban J connectivity index is 2.88. The van der Waals surface area contributed by atoms with Crippen molar-refractivity contribution in [2.75, 3.05) is 7.11 Å². The first kappa shape index (κ1) is 10.2. The highest BCUT2D eigenvalue weighted by atomic mass is 16.5. The van der Waals surface area contributed by atoms with E-state index < -0.39 is 12.0 Å². The number of carbonyl (C=O) groups excluding carboxylic acids is 2. The lowest BCUT2D eigenvalue weighted by Crippen LogP contribution is -2.28. The van der Waals surface area contributed by atoms with Gasteiger partial charge in [-0.05, 0) is 5.56 Å². The van der Waals surface area contributed by atoms with Crippen LogP contribution in [0.25, 0.3) is 0 Å². The summed E-state index contributed by atoms with van der Waals surface area (Å²) in [7, 11) is 1.28. The molecule has 1 atom stereocenters. The van der Waals surface area contributed by atoms with Crippen LogP contribution in [0, 0.1) is 0 Å². The summed E-state index contributed by atoms with van der Waals surface area (Å²) < 4.78 is 4.56. The molecule has 1 N–H and O–H groups in total. The SMILES string of the molecule is COC(=O)[C@@H](NC=O)c1ccccc1. The zero-order chi connectivity index (χ0) is 10.4. The van der Waals surface area contributed by atoms with E-state index >= 15 is 0 Å². The summed E-state index contributed by atoms with van der Waals surface area (Å²) in [6.07, 6.45) is 0.481. The molecule has 0 spiro atoms. The first-order valence-corrected chi connectivity index (χ1v) is 4.12. The van der Waals surface area contributed by atoms with Gasteiger partial charge in [-0.2, -0.15) is 0 Å². The quantitative estimate of drug-likeness (QED) is 0.564. The second-order valence-electron chi connectivity index (χ2n) is 2.65. The van der Waals surface area contributed by atoms with Gasteiger partial charge in [-0.3, -0.25) is 4.79 Å². The lowest BCUT2D eigenvalue weighted by atomic mass is 10.1. The van der Waals surface area contributed by atoms with Crippen molar-refractivity contribution in [3.05, 3.63) is 35.9 Å². The molecule has 74 valence electrons. The molecule has 0 aliphatic heterocycles. The monoisotopic (exact) mass is 193 g/mol. The third-order valence-electron chi connectivity index (χ3n) is 1.80. The molecule has 1 aromatic rings. The molecule has 0 saturated carbocycles. The Hall–Kier alpha value is -1.84. The molecule has 0 radical (unpaired) electrons. The Morgan fingerprint density at radius 2 is 2.07 bits per heavy atom. The van der Waals surface area contributed by atoms with E-state index in [2.05, 4.69) is 10.1 Å². The van der Waals surface area contributed by atoms with Crippen molar-refractivity contribution >= 4 is 12.4 Å². The van der Waals surface area contributed by atoms with Crippen LogP contribution in [0.3, 0.4) is 0 Å². The lowest BCUT2D eigenvalue weighted by Gasteiger charge is -2.13. The van der Waals surface area contributed by atoms with Crippen LogP contribution in [0.4, 0.5) is 0 Å². The van der Waals surface area contributed by atoms with E-state index in [1.807, 2.05) is 6.07 Å². The van der Waals surface area contributed by atoms with Crippen molar-refractivity contribution < 1.29 is 14.3 Å². The molecule has 0 aliphatic carbocycles. The highest BCUT2D eigenvalue weighted by Gasteiger charge is 2.19. The van der Waals surface area contributed by atoms with Crippen LogP contribution < -0.4 is 5.32 Å². The molecule has 0 unspecified atom stereocenters. The van der Waals surface area contributed by atoms with Gasteiger partial charge in [0.1, 0.15) is 0 Å². The minimum Gasteiger partial charge on any atom is -0.467 e. The Labute approximate surface area is 81.9 Å². The number of hydrogen-bond acceptors (Lipinski definition) is 3. The number of hydrogen-bond donors (Lipinski definition) is 1. The largest absolute Gasteiger partial charge is 0.467 e. The van der Waals surface area contributed by atoms with E-state index in [0.29, 0.717) is 12.0 Å². The third kappa shape index (κ3) is 2.32. The first-order chi connectivity index (χ1) is 6.79. The Morgan fingerprint density at radius 1 is 1.43 bits per heavy atom. The van der Waals surface area contributed by atoms with Gasteiger partial charge in [-0.15, -0.1) is 0 Å². The van der Waals surface area contributed by atoms with Gasteiger partial charge >= 0.3 is 5.97 Å². The van der Waals surface area contributed by atoms with Crippen molar-refractivity contribution in [2.45, 2.75) is 6.04 Å². The maximum Gasteiger partial charge on any atom is 0.333 e. The van der Waals surface area contributed by atoms with Crippen molar-refractivity contribution in [1.82, 2.24) is 5.32 Å². The molecule has 14 heavy (non-hydrogen) atoms. The minimum absolute atomic E-state index is 0.481. The predicted molar refractivity (Wildman–Crippen MR) is 50.4 cm³/mol. The summed E-state index contributed by atoms with van der Waals surface area (Å²) in [6.45, 7) is 0. The summed E-state index contributed by atoms with van der Waals surface area (Å²) in [4.78, 5) is 21.5. The predicted octanol–water partition coefficient (Wildman–Crippen LogP) is 0.647. The maximum absolute atomic E-state index is 11.3. The molecular weight excluding hydrogens is 182 g/mol. The molecule has 4 nitrogen and oxygen atoms in total. The number of rotatable bonds is 4. The van der Waals surface area contributed by atoms with E-state index in [9.17, 15) is 9.59 Å². The Bertz CT molecular complexity index is 310. The molecule has 0 heterocycles. The number of benzene rings is 1. The summed E-state index contributed by atoms with van der Waals surface area (Å²) >= 11 is 0. The van der Waals surface area contributed by atoms with Crippen molar-refractivity contribution in [3.63, 3.8) is 0 Å². The van der Waals surface area contributed by atoms with E-state index in [4.69, 9.17) is 0 Å². The van der Waals surface area contributed by atoms with Gasteiger partial charge < -0.3 is 10.1 Å². The highest BCUT2D eigenvalue weighted by Crippen LogP contribution is 2.12. The van der Waals surface area contributed by atoms with E-state index in [-0.39, 0.29) is 0 Å². The molecule has 0 saturated heterocycles. The molecule has 1 amide bonds. The molecule has 1 aromatic carbocycles. The van der Waals surface area contributed by atoms with Gasteiger partial charge in [0.2, 0.25) is 6.41 Å². The van der Waals surface area contributed by atoms with Gasteiger partial charge in [-0.1, -0.05) is 30.3 Å². The molecule has 0 aromatic heterocycles. The summed E-state index contributed by atoms with van der Waals surface area (Å²) in [5, 5.41) is 2.39. The van der Waals surface area contributed by atoms with Gasteiger partial charge in [0.15, 0.2) is 6.04 Å². The van der Waals surface area contributed by atoms with Crippen molar-refractivity contribution in [3.8, 4) is 0 Å². The summed E-state index contributed by atoms with van der Waals surface area (Å²) in [6, 6.07) is 8.18. The zero-order valence-corrected chi connectivity index (χ0v) is 7.77. The van der Waals surface area contributed by atoms with Crippen LogP contribution >= 0.6 is 0 Å². The van der Waals surface area contributed by atoms with Crippen LogP contribution in [0.1, 0.15) is 11.6 Å². The van der Waals surface area contributed by atoms with Gasteiger partial charge in [-0.25, -0.2) is 4.79 Å². The Kier molecular flexibility index (Phi) is 3.67. The number of ether oxygens (including phenoxy) is 1. The van der Waals surface area contributed by atoms with Crippen LogP contribution in [-0.2, 0) is 14.3 Å². The minimum atomic E-state index is -0.723. The van der Waals surface area contributed by atoms with Crippen LogP contribution in [0.5, 0.6) is 0 Å². The van der Waals surface area contributed by atoms with Crippen molar-refractivity contribution in [1.29, 1.82) is 0 Å². The fourth-order valence-electron chi connectivity index (χ4n) is 1.13. The van der Waals surface area contributed by atoms with Crippen LogP contribution in [0.15, 0.2) is 30.3 Å². The topological polar surface area (TPSA) is 55.4 Å².